The van der Waals surface area contributed by atoms with Crippen molar-refractivity contribution in [1.29, 1.82) is 0 Å². The number of amides is 1. The van der Waals surface area contributed by atoms with Crippen LogP contribution >= 0.6 is 12.4 Å². The number of benzene rings is 1. The second-order valence-electron chi connectivity index (χ2n) is 3.31. The highest BCUT2D eigenvalue weighted by atomic mass is 35.5. The monoisotopic (exact) mass is 244 g/mol. The van der Waals surface area contributed by atoms with Crippen molar-refractivity contribution in [1.82, 2.24) is 5.32 Å². The van der Waals surface area contributed by atoms with Crippen LogP contribution in [0, 0.1) is 0 Å². The minimum Gasteiger partial charge on any atom is -0.496 e. The van der Waals surface area contributed by atoms with E-state index in [1.807, 2.05) is 13.0 Å². The number of hydrogen-bond acceptors (Lipinski definition) is 3. The van der Waals surface area contributed by atoms with Crippen molar-refractivity contribution in [2.24, 2.45) is 5.73 Å². The zero-order valence-electron chi connectivity index (χ0n) is 9.40. The Labute approximate surface area is 102 Å². The van der Waals surface area contributed by atoms with Gasteiger partial charge in [0.2, 0.25) is 0 Å². The van der Waals surface area contributed by atoms with E-state index in [4.69, 9.17) is 10.5 Å². The number of rotatable bonds is 4. The van der Waals surface area contributed by atoms with Gasteiger partial charge in [0.05, 0.1) is 12.7 Å². The van der Waals surface area contributed by atoms with E-state index in [9.17, 15) is 4.79 Å². The Morgan fingerprint density at radius 2 is 2.12 bits per heavy atom. The predicted octanol–water partition coefficient (Wildman–Crippen LogP) is 1.19. The largest absolute Gasteiger partial charge is 0.496 e. The molecule has 0 unspecified atom stereocenters. The van der Waals surface area contributed by atoms with Gasteiger partial charge >= 0.3 is 0 Å². The molecule has 1 aromatic carbocycles. The Balaban J connectivity index is 0.00000225. The zero-order valence-corrected chi connectivity index (χ0v) is 10.2. The standard InChI is InChI=1S/C11H16N2O2.ClH/c1-8(7-12)13-11(14)9-5-3-4-6-10(9)15-2;/h3-6,8H,7,12H2,1-2H3,(H,13,14);1H/t8-;/m1./s1. The number of ether oxygens (including phenoxy) is 1. The van der Waals surface area contributed by atoms with Crippen molar-refractivity contribution in [3.8, 4) is 5.75 Å². The van der Waals surface area contributed by atoms with Crippen molar-refractivity contribution in [2.45, 2.75) is 13.0 Å². The summed E-state index contributed by atoms with van der Waals surface area (Å²) >= 11 is 0. The lowest BCUT2D eigenvalue weighted by molar-refractivity contribution is 0.0938. The molecule has 0 saturated carbocycles. The predicted molar refractivity (Wildman–Crippen MR) is 66.2 cm³/mol. The molecule has 0 heterocycles. The van der Waals surface area contributed by atoms with Crippen LogP contribution in [0.5, 0.6) is 5.75 Å². The van der Waals surface area contributed by atoms with E-state index in [0.29, 0.717) is 17.9 Å². The molecule has 1 amide bonds. The fourth-order valence-corrected chi connectivity index (χ4v) is 1.19. The van der Waals surface area contributed by atoms with Crippen LogP contribution in [0.4, 0.5) is 0 Å². The van der Waals surface area contributed by atoms with Gasteiger partial charge in [-0.3, -0.25) is 4.79 Å². The van der Waals surface area contributed by atoms with Gasteiger partial charge in [-0.15, -0.1) is 12.4 Å². The van der Waals surface area contributed by atoms with E-state index < -0.39 is 0 Å². The Hall–Kier alpha value is -1.26. The smallest absolute Gasteiger partial charge is 0.255 e. The third-order valence-corrected chi connectivity index (χ3v) is 2.08. The van der Waals surface area contributed by atoms with Crippen LogP contribution in [0.2, 0.25) is 0 Å². The van der Waals surface area contributed by atoms with Crippen LogP contribution in [0.3, 0.4) is 0 Å². The minimum absolute atomic E-state index is 0. The molecule has 0 aliphatic carbocycles. The van der Waals surface area contributed by atoms with Gasteiger partial charge in [-0.05, 0) is 19.1 Å². The first kappa shape index (κ1) is 14.7. The number of methoxy groups -OCH3 is 1. The summed E-state index contributed by atoms with van der Waals surface area (Å²) in [4.78, 5) is 11.7. The number of carbonyl (C=O) groups excluding carboxylic acids is 1. The lowest BCUT2D eigenvalue weighted by atomic mass is 10.2. The quantitative estimate of drug-likeness (QED) is 0.837. The lowest BCUT2D eigenvalue weighted by Crippen LogP contribution is -2.37. The minimum atomic E-state index is -0.162. The SMILES string of the molecule is COc1ccccc1C(=O)N[C@H](C)CN.Cl. The molecular formula is C11H17ClN2O2. The van der Waals surface area contributed by atoms with Crippen LogP contribution in [0.25, 0.3) is 0 Å². The molecule has 5 heteroatoms. The second-order valence-corrected chi connectivity index (χ2v) is 3.31. The van der Waals surface area contributed by atoms with Crippen molar-refractivity contribution in [2.75, 3.05) is 13.7 Å². The number of nitrogens with one attached hydrogen (secondary N) is 1. The third-order valence-electron chi connectivity index (χ3n) is 2.08. The zero-order chi connectivity index (χ0) is 11.3. The average Bonchev–Trinajstić information content (AvgIpc) is 2.28. The third kappa shape index (κ3) is 3.72. The molecule has 16 heavy (non-hydrogen) atoms. The lowest BCUT2D eigenvalue weighted by Gasteiger charge is -2.13. The molecule has 1 aromatic rings. The molecule has 0 saturated heterocycles. The summed E-state index contributed by atoms with van der Waals surface area (Å²) < 4.78 is 5.09. The molecule has 1 atom stereocenters. The van der Waals surface area contributed by atoms with Gasteiger partial charge in [-0.25, -0.2) is 0 Å². The number of hydrogen-bond donors (Lipinski definition) is 2. The first-order valence-electron chi connectivity index (χ1n) is 4.83. The Morgan fingerprint density at radius 3 is 2.69 bits per heavy atom. The van der Waals surface area contributed by atoms with Crippen molar-refractivity contribution < 1.29 is 9.53 Å². The van der Waals surface area contributed by atoms with Crippen molar-refractivity contribution in [3.63, 3.8) is 0 Å². The summed E-state index contributed by atoms with van der Waals surface area (Å²) in [5, 5.41) is 2.78. The van der Waals surface area contributed by atoms with Crippen molar-refractivity contribution in [3.05, 3.63) is 29.8 Å². The highest BCUT2D eigenvalue weighted by molar-refractivity contribution is 5.97. The topological polar surface area (TPSA) is 64.3 Å². The van der Waals surface area contributed by atoms with Gasteiger partial charge in [0.1, 0.15) is 5.75 Å². The Morgan fingerprint density at radius 1 is 1.50 bits per heavy atom. The van der Waals surface area contributed by atoms with E-state index in [0.717, 1.165) is 0 Å². The molecule has 1 rings (SSSR count). The first-order chi connectivity index (χ1) is 7.19. The summed E-state index contributed by atoms with van der Waals surface area (Å²) in [7, 11) is 1.54. The van der Waals surface area contributed by atoms with Crippen LogP contribution in [0.1, 0.15) is 17.3 Å². The van der Waals surface area contributed by atoms with Gasteiger partial charge in [0.25, 0.3) is 5.91 Å². The van der Waals surface area contributed by atoms with Gasteiger partial charge in [-0.2, -0.15) is 0 Å². The van der Waals surface area contributed by atoms with Crippen LogP contribution in [0.15, 0.2) is 24.3 Å². The molecule has 4 nitrogen and oxygen atoms in total. The Bertz CT molecular complexity index is 345. The maximum absolute atomic E-state index is 11.7. The molecule has 0 fully saturated rings. The maximum atomic E-state index is 11.7. The average molecular weight is 245 g/mol. The fourth-order valence-electron chi connectivity index (χ4n) is 1.19. The summed E-state index contributed by atoms with van der Waals surface area (Å²) in [6.45, 7) is 2.27. The second kappa shape index (κ2) is 7.09. The van der Waals surface area contributed by atoms with E-state index in [2.05, 4.69) is 5.32 Å². The normalized spacial score (nSPS) is 11.2. The van der Waals surface area contributed by atoms with Crippen LogP contribution in [-0.4, -0.2) is 25.6 Å². The summed E-state index contributed by atoms with van der Waals surface area (Å²) in [6, 6.07) is 7.05. The number of para-hydroxylation sites is 1. The molecule has 0 aromatic heterocycles. The molecule has 0 bridgehead atoms. The Kier molecular flexibility index (Phi) is 6.53. The highest BCUT2D eigenvalue weighted by Gasteiger charge is 2.12. The van der Waals surface area contributed by atoms with Crippen LogP contribution < -0.4 is 15.8 Å². The molecular weight excluding hydrogens is 228 g/mol. The van der Waals surface area contributed by atoms with Gasteiger partial charge in [-0.1, -0.05) is 12.1 Å². The number of halogens is 1. The summed E-state index contributed by atoms with van der Waals surface area (Å²) in [6.07, 6.45) is 0. The van der Waals surface area contributed by atoms with Gasteiger partial charge in [0, 0.05) is 12.6 Å². The molecule has 0 aliphatic heterocycles. The first-order valence-corrected chi connectivity index (χ1v) is 4.83. The highest BCUT2D eigenvalue weighted by Crippen LogP contribution is 2.16. The van der Waals surface area contributed by atoms with E-state index in [1.165, 1.54) is 0 Å². The number of nitrogens with two attached hydrogens (primary N) is 1. The van der Waals surface area contributed by atoms with Crippen LogP contribution in [-0.2, 0) is 0 Å². The molecule has 0 aliphatic rings. The fraction of sp³-hybridized carbons (Fsp3) is 0.364. The summed E-state index contributed by atoms with van der Waals surface area (Å²) in [5.41, 5.74) is 5.95. The van der Waals surface area contributed by atoms with Gasteiger partial charge in [0.15, 0.2) is 0 Å². The molecule has 0 radical (unpaired) electrons. The van der Waals surface area contributed by atoms with E-state index in [-0.39, 0.29) is 24.4 Å². The molecule has 90 valence electrons. The number of carbonyl (C=O) groups is 1. The molecule has 3 N–H and O–H groups in total. The van der Waals surface area contributed by atoms with Crippen molar-refractivity contribution >= 4 is 18.3 Å². The van der Waals surface area contributed by atoms with Gasteiger partial charge < -0.3 is 15.8 Å². The summed E-state index contributed by atoms with van der Waals surface area (Å²) in [5.74, 6) is 0.407. The maximum Gasteiger partial charge on any atom is 0.255 e. The van der Waals surface area contributed by atoms with E-state index in [1.54, 1.807) is 25.3 Å². The van der Waals surface area contributed by atoms with E-state index >= 15 is 0 Å². The molecule has 0 spiro atoms.